The highest BCUT2D eigenvalue weighted by molar-refractivity contribution is 7.14. The molecule has 0 aliphatic heterocycles. The molecule has 0 saturated carbocycles. The van der Waals surface area contributed by atoms with Gasteiger partial charge in [0.2, 0.25) is 0 Å². The van der Waals surface area contributed by atoms with Gasteiger partial charge in [0.15, 0.2) is 0 Å². The van der Waals surface area contributed by atoms with Gasteiger partial charge >= 0.3 is 12.1 Å². The van der Waals surface area contributed by atoms with E-state index in [0.717, 1.165) is 16.2 Å². The number of amides is 1. The van der Waals surface area contributed by atoms with Gasteiger partial charge in [-0.3, -0.25) is 5.32 Å². The maximum Gasteiger partial charge on any atom is 0.411 e. The molecule has 6 heteroatoms. The molecule has 0 fully saturated rings. The Morgan fingerprint density at radius 2 is 2.27 bits per heavy atom. The number of anilines is 1. The molecule has 0 aliphatic rings. The molecule has 1 amide bonds. The molecule has 0 unspecified atom stereocenters. The van der Waals surface area contributed by atoms with Crippen molar-refractivity contribution in [2.45, 2.75) is 13.8 Å². The van der Waals surface area contributed by atoms with Gasteiger partial charge in [0, 0.05) is 4.88 Å². The largest absolute Gasteiger partial charge is 0.477 e. The van der Waals surface area contributed by atoms with Crippen LogP contribution in [0, 0.1) is 6.92 Å². The summed E-state index contributed by atoms with van der Waals surface area (Å²) in [5.74, 6) is -1.06. The van der Waals surface area contributed by atoms with Crippen molar-refractivity contribution >= 4 is 29.1 Å². The lowest BCUT2D eigenvalue weighted by Gasteiger charge is -2.03. The van der Waals surface area contributed by atoms with E-state index in [4.69, 9.17) is 5.11 Å². The summed E-state index contributed by atoms with van der Waals surface area (Å²) < 4.78 is 4.65. The maximum atomic E-state index is 11.1. The van der Waals surface area contributed by atoms with Crippen LogP contribution < -0.4 is 5.32 Å². The fraction of sp³-hybridized carbons (Fsp3) is 0.333. The number of aromatic carboxylic acids is 1. The Kier molecular flexibility index (Phi) is 3.68. The van der Waals surface area contributed by atoms with Crippen LogP contribution in [0.3, 0.4) is 0 Å². The Morgan fingerprint density at radius 3 is 2.80 bits per heavy atom. The molecule has 0 bridgehead atoms. The molecule has 0 radical (unpaired) electrons. The Labute approximate surface area is 90.7 Å². The van der Waals surface area contributed by atoms with E-state index in [1.165, 1.54) is 0 Å². The van der Waals surface area contributed by atoms with Crippen molar-refractivity contribution in [2.75, 3.05) is 11.9 Å². The Morgan fingerprint density at radius 1 is 1.60 bits per heavy atom. The zero-order chi connectivity index (χ0) is 11.4. The highest BCUT2D eigenvalue weighted by atomic mass is 32.1. The molecular formula is C9H11NO4S. The molecule has 0 saturated heterocycles. The average Bonchev–Trinajstić information content (AvgIpc) is 2.47. The minimum atomic E-state index is -1.06. The molecule has 0 spiro atoms. The van der Waals surface area contributed by atoms with Gasteiger partial charge in [-0.05, 0) is 19.9 Å². The molecule has 1 aromatic rings. The number of hydrogen-bond acceptors (Lipinski definition) is 4. The van der Waals surface area contributed by atoms with Crippen LogP contribution in [0.1, 0.15) is 21.5 Å². The second-order valence-corrected chi connectivity index (χ2v) is 4.01. The summed E-state index contributed by atoms with van der Waals surface area (Å²) in [6.07, 6.45) is -0.641. The summed E-state index contributed by atoms with van der Waals surface area (Å²) in [4.78, 5) is 22.8. The number of carboxylic acid groups (broad SMARTS) is 1. The molecule has 5 nitrogen and oxygen atoms in total. The van der Waals surface area contributed by atoms with E-state index in [2.05, 4.69) is 10.1 Å². The Balaban J connectivity index is 2.84. The van der Waals surface area contributed by atoms with Crippen LogP contribution in [-0.4, -0.2) is 23.8 Å². The zero-order valence-corrected chi connectivity index (χ0v) is 9.18. The van der Waals surface area contributed by atoms with Crippen molar-refractivity contribution in [3.8, 4) is 0 Å². The van der Waals surface area contributed by atoms with Gasteiger partial charge in [0.05, 0.1) is 12.3 Å². The lowest BCUT2D eigenvalue weighted by Crippen LogP contribution is -2.14. The molecule has 1 rings (SSSR count). The maximum absolute atomic E-state index is 11.1. The number of ether oxygens (including phenoxy) is 1. The zero-order valence-electron chi connectivity index (χ0n) is 8.36. The fourth-order valence-electron chi connectivity index (χ4n) is 1.04. The molecule has 15 heavy (non-hydrogen) atoms. The van der Waals surface area contributed by atoms with Crippen LogP contribution in [0.5, 0.6) is 0 Å². The fourth-order valence-corrected chi connectivity index (χ4v) is 1.85. The van der Waals surface area contributed by atoms with Gasteiger partial charge in [-0.25, -0.2) is 9.59 Å². The van der Waals surface area contributed by atoms with E-state index in [1.807, 2.05) is 0 Å². The second kappa shape index (κ2) is 4.79. The molecule has 0 aliphatic carbocycles. The molecule has 0 atom stereocenters. The van der Waals surface area contributed by atoms with Gasteiger partial charge in [0.1, 0.15) is 4.88 Å². The first-order valence-corrected chi connectivity index (χ1v) is 5.13. The van der Waals surface area contributed by atoms with E-state index in [9.17, 15) is 9.59 Å². The van der Waals surface area contributed by atoms with Gasteiger partial charge in [-0.2, -0.15) is 0 Å². The van der Waals surface area contributed by atoms with Crippen molar-refractivity contribution in [1.29, 1.82) is 0 Å². The van der Waals surface area contributed by atoms with Crippen molar-refractivity contribution in [1.82, 2.24) is 0 Å². The summed E-state index contributed by atoms with van der Waals surface area (Å²) in [5.41, 5.74) is 0.281. The number of thiophene rings is 1. The van der Waals surface area contributed by atoms with E-state index >= 15 is 0 Å². The number of rotatable bonds is 3. The van der Waals surface area contributed by atoms with Crippen molar-refractivity contribution < 1.29 is 19.4 Å². The first kappa shape index (κ1) is 11.5. The van der Waals surface area contributed by atoms with Crippen LogP contribution in [-0.2, 0) is 4.74 Å². The summed E-state index contributed by atoms with van der Waals surface area (Å²) >= 11 is 1.11. The third kappa shape index (κ3) is 2.95. The second-order valence-electron chi connectivity index (χ2n) is 2.75. The SMILES string of the molecule is CCOC(=O)Nc1cc(C)sc1C(=O)O. The smallest absolute Gasteiger partial charge is 0.411 e. The van der Waals surface area contributed by atoms with Crippen LogP contribution >= 0.6 is 11.3 Å². The van der Waals surface area contributed by atoms with Crippen LogP contribution in [0.2, 0.25) is 0 Å². The van der Waals surface area contributed by atoms with E-state index in [1.54, 1.807) is 19.9 Å². The number of carbonyl (C=O) groups excluding carboxylic acids is 1. The number of nitrogens with one attached hydrogen (secondary N) is 1. The predicted molar refractivity (Wildman–Crippen MR) is 56.7 cm³/mol. The quantitative estimate of drug-likeness (QED) is 0.834. The molecule has 1 heterocycles. The van der Waals surface area contributed by atoms with Crippen molar-refractivity contribution in [3.05, 3.63) is 15.8 Å². The number of aryl methyl sites for hydroxylation is 1. The number of carboxylic acids is 1. The summed E-state index contributed by atoms with van der Waals surface area (Å²) in [6.45, 7) is 3.70. The lowest BCUT2D eigenvalue weighted by molar-refractivity contribution is 0.0703. The minimum Gasteiger partial charge on any atom is -0.477 e. The van der Waals surface area contributed by atoms with Gasteiger partial charge in [0.25, 0.3) is 0 Å². The molecule has 0 aromatic carbocycles. The first-order chi connectivity index (χ1) is 7.04. The molecule has 2 N–H and O–H groups in total. The normalized spacial score (nSPS) is 9.73. The summed E-state index contributed by atoms with van der Waals surface area (Å²) in [5, 5.41) is 11.2. The molecule has 1 aromatic heterocycles. The van der Waals surface area contributed by atoms with Crippen molar-refractivity contribution in [2.24, 2.45) is 0 Å². The third-order valence-corrected chi connectivity index (χ3v) is 2.60. The lowest BCUT2D eigenvalue weighted by atomic mass is 10.3. The highest BCUT2D eigenvalue weighted by Crippen LogP contribution is 2.26. The summed E-state index contributed by atoms with van der Waals surface area (Å²) in [7, 11) is 0. The molecule has 82 valence electrons. The minimum absolute atomic E-state index is 0.112. The number of carbonyl (C=O) groups is 2. The van der Waals surface area contributed by atoms with Crippen LogP contribution in [0.15, 0.2) is 6.07 Å². The van der Waals surface area contributed by atoms with Gasteiger partial charge in [-0.1, -0.05) is 0 Å². The highest BCUT2D eigenvalue weighted by Gasteiger charge is 2.16. The molecular weight excluding hydrogens is 218 g/mol. The van der Waals surface area contributed by atoms with E-state index < -0.39 is 12.1 Å². The standard InChI is InChI=1S/C9H11NO4S/c1-3-14-9(13)10-6-4-5(2)15-7(6)8(11)12/h4H,3H2,1-2H3,(H,10,13)(H,11,12). The Hall–Kier alpha value is -1.56. The van der Waals surface area contributed by atoms with Crippen LogP contribution in [0.25, 0.3) is 0 Å². The topological polar surface area (TPSA) is 75.6 Å². The predicted octanol–water partition coefficient (Wildman–Crippen LogP) is 2.32. The van der Waals surface area contributed by atoms with Crippen molar-refractivity contribution in [3.63, 3.8) is 0 Å². The number of hydrogen-bond donors (Lipinski definition) is 2. The first-order valence-electron chi connectivity index (χ1n) is 4.32. The van der Waals surface area contributed by atoms with Gasteiger partial charge in [-0.15, -0.1) is 11.3 Å². The van der Waals surface area contributed by atoms with E-state index in [0.29, 0.717) is 0 Å². The van der Waals surface area contributed by atoms with Gasteiger partial charge < -0.3 is 9.84 Å². The Bertz CT molecular complexity index is 385. The van der Waals surface area contributed by atoms with Crippen LogP contribution in [0.4, 0.5) is 10.5 Å². The summed E-state index contributed by atoms with van der Waals surface area (Å²) in [6, 6.07) is 1.60. The third-order valence-electron chi connectivity index (χ3n) is 1.56. The monoisotopic (exact) mass is 229 g/mol. The average molecular weight is 229 g/mol. The van der Waals surface area contributed by atoms with E-state index in [-0.39, 0.29) is 17.2 Å².